The van der Waals surface area contributed by atoms with Gasteiger partial charge in [-0.15, -0.1) is 0 Å². The van der Waals surface area contributed by atoms with E-state index < -0.39 is 29.4 Å². The van der Waals surface area contributed by atoms with Gasteiger partial charge in [-0.2, -0.15) is 15.2 Å². The number of alkyl halides is 1. The Morgan fingerprint density at radius 2 is 1.95 bits per heavy atom. The summed E-state index contributed by atoms with van der Waals surface area (Å²) in [6.07, 6.45) is 9.48. The minimum atomic E-state index is -0.970. The predicted octanol–water partition coefficient (Wildman–Crippen LogP) is 7.04. The normalized spacial score (nSPS) is 22.6. The van der Waals surface area contributed by atoms with Crippen LogP contribution >= 0.6 is 11.6 Å². The smallest absolute Gasteiger partial charge is 0.319 e. The maximum Gasteiger partial charge on any atom is 0.319 e. The van der Waals surface area contributed by atoms with E-state index in [0.29, 0.717) is 47.7 Å². The number of pyridine rings is 1. The van der Waals surface area contributed by atoms with Gasteiger partial charge in [0, 0.05) is 67.9 Å². The van der Waals surface area contributed by atoms with Gasteiger partial charge in [0.25, 0.3) is 0 Å². The molecule has 1 saturated carbocycles. The van der Waals surface area contributed by atoms with Crippen LogP contribution in [0.1, 0.15) is 56.0 Å². The zero-order valence-electron chi connectivity index (χ0n) is 30.3. The minimum absolute atomic E-state index is 0.0414. The monoisotopic (exact) mass is 779 g/mol. The number of rotatable bonds is 9. The summed E-state index contributed by atoms with van der Waals surface area (Å²) in [4.78, 5) is 42.0. The summed E-state index contributed by atoms with van der Waals surface area (Å²) in [6, 6.07) is 11.3. The summed E-state index contributed by atoms with van der Waals surface area (Å²) < 4.78 is 52.6. The van der Waals surface area contributed by atoms with Crippen LogP contribution in [0.4, 0.5) is 19.0 Å². The van der Waals surface area contributed by atoms with Gasteiger partial charge in [0.05, 0.1) is 40.2 Å². The predicted molar refractivity (Wildman–Crippen MR) is 205 cm³/mol. The molecule has 286 valence electrons. The van der Waals surface area contributed by atoms with Gasteiger partial charge >= 0.3 is 6.01 Å². The Bertz CT molecular complexity index is 2440. The maximum atomic E-state index is 17.0. The van der Waals surface area contributed by atoms with Gasteiger partial charge in [-0.3, -0.25) is 14.7 Å². The van der Waals surface area contributed by atoms with E-state index in [9.17, 15) is 18.8 Å². The lowest BCUT2D eigenvalue weighted by atomic mass is 9.95. The summed E-state index contributed by atoms with van der Waals surface area (Å²) >= 11 is 6.44. The van der Waals surface area contributed by atoms with Crippen LogP contribution in [0.15, 0.2) is 54.9 Å². The van der Waals surface area contributed by atoms with E-state index in [1.54, 1.807) is 47.5 Å². The molecule has 4 aliphatic rings. The number of amides is 1. The maximum absolute atomic E-state index is 17.0. The van der Waals surface area contributed by atoms with Crippen LogP contribution in [0.2, 0.25) is 5.02 Å². The van der Waals surface area contributed by atoms with Crippen LogP contribution in [-0.2, 0) is 4.79 Å². The van der Waals surface area contributed by atoms with E-state index in [-0.39, 0.29) is 65.2 Å². The Morgan fingerprint density at radius 1 is 1.07 bits per heavy atom. The zero-order chi connectivity index (χ0) is 38.6. The first-order valence-electron chi connectivity index (χ1n) is 18.9. The van der Waals surface area contributed by atoms with E-state index in [0.717, 1.165) is 38.1 Å². The van der Waals surface area contributed by atoms with Gasteiger partial charge in [0.15, 0.2) is 5.82 Å². The fourth-order valence-corrected chi connectivity index (χ4v) is 8.83. The second-order valence-electron chi connectivity index (χ2n) is 15.1. The molecule has 15 heteroatoms. The van der Waals surface area contributed by atoms with Crippen molar-refractivity contribution < 1.29 is 22.7 Å². The summed E-state index contributed by atoms with van der Waals surface area (Å²) in [5.41, 5.74) is 0.251. The Hall–Kier alpha value is -5.39. The van der Waals surface area contributed by atoms with Crippen molar-refractivity contribution >= 4 is 51.1 Å². The average molecular weight is 780 g/mol. The molecule has 3 aliphatic heterocycles. The Labute approximate surface area is 325 Å². The second kappa shape index (κ2) is 14.6. The van der Waals surface area contributed by atoms with Crippen LogP contribution in [0, 0.1) is 23.0 Å². The molecular weight excluding hydrogens is 743 g/mol. The molecule has 1 unspecified atom stereocenters. The SMILES string of the molecule is N#CC[C@H]1CN(c2nc(OC[C@@]34CCCN3CC(F)C4)nc3c(F)c(-c4cccc5ccc(F)c(Cl)c45)ncc23)CCN1C(=O)/C=C/c1ccnc(C2CC2)n1. The first-order chi connectivity index (χ1) is 27.2. The molecule has 0 radical (unpaired) electrons. The molecule has 6 heterocycles. The lowest BCUT2D eigenvalue weighted by Gasteiger charge is -2.41. The van der Waals surface area contributed by atoms with Gasteiger partial charge < -0.3 is 14.5 Å². The Kier molecular flexibility index (Phi) is 9.45. The molecular formula is C41H37ClF3N9O2. The van der Waals surface area contributed by atoms with Crippen molar-refractivity contribution in [1.82, 2.24) is 34.7 Å². The van der Waals surface area contributed by atoms with Crippen LogP contribution < -0.4 is 9.64 Å². The Morgan fingerprint density at radius 3 is 2.79 bits per heavy atom. The molecule has 3 aromatic heterocycles. The van der Waals surface area contributed by atoms with Gasteiger partial charge in [-0.25, -0.2) is 23.1 Å². The molecule has 1 aliphatic carbocycles. The van der Waals surface area contributed by atoms with Gasteiger partial charge in [0.2, 0.25) is 5.91 Å². The number of ether oxygens (including phenoxy) is 1. The number of aromatic nitrogens is 5. The highest BCUT2D eigenvalue weighted by Gasteiger charge is 2.49. The zero-order valence-corrected chi connectivity index (χ0v) is 31.1. The van der Waals surface area contributed by atoms with Crippen LogP contribution in [0.3, 0.4) is 0 Å². The highest BCUT2D eigenvalue weighted by Crippen LogP contribution is 2.42. The van der Waals surface area contributed by atoms with Crippen molar-refractivity contribution in [3.63, 3.8) is 0 Å². The van der Waals surface area contributed by atoms with Gasteiger partial charge in [0.1, 0.15) is 41.4 Å². The summed E-state index contributed by atoms with van der Waals surface area (Å²) in [7, 11) is 0. The quantitative estimate of drug-likeness (QED) is 0.144. The lowest BCUT2D eigenvalue weighted by molar-refractivity contribution is -0.128. The van der Waals surface area contributed by atoms with E-state index in [1.807, 2.05) is 4.90 Å². The first-order valence-corrected chi connectivity index (χ1v) is 19.3. The number of nitrogens with zero attached hydrogens (tertiary/aromatic N) is 9. The Balaban J connectivity index is 1.07. The third-order valence-electron chi connectivity index (χ3n) is 11.5. The lowest BCUT2D eigenvalue weighted by Crippen LogP contribution is -2.55. The molecule has 4 fully saturated rings. The second-order valence-corrected chi connectivity index (χ2v) is 15.5. The van der Waals surface area contributed by atoms with Crippen molar-refractivity contribution in [2.75, 3.05) is 44.2 Å². The molecule has 3 saturated heterocycles. The summed E-state index contributed by atoms with van der Waals surface area (Å²) in [5.74, 6) is -0.226. The molecule has 2 aromatic carbocycles. The third kappa shape index (κ3) is 6.66. The van der Waals surface area contributed by atoms with Gasteiger partial charge in [-0.05, 0) is 55.8 Å². The summed E-state index contributed by atoms with van der Waals surface area (Å²) in [5, 5.41) is 10.9. The number of benzene rings is 2. The number of hydrogen-bond acceptors (Lipinski definition) is 10. The summed E-state index contributed by atoms with van der Waals surface area (Å²) in [6.45, 7) is 1.99. The van der Waals surface area contributed by atoms with Crippen molar-refractivity contribution in [2.24, 2.45) is 0 Å². The highest BCUT2D eigenvalue weighted by molar-refractivity contribution is 6.36. The van der Waals surface area contributed by atoms with Crippen molar-refractivity contribution in [2.45, 2.75) is 62.2 Å². The van der Waals surface area contributed by atoms with Crippen LogP contribution in [-0.4, -0.2) is 97.7 Å². The molecule has 9 rings (SSSR count). The van der Waals surface area contributed by atoms with Crippen molar-refractivity contribution in [3.8, 4) is 23.3 Å². The van der Waals surface area contributed by atoms with Crippen molar-refractivity contribution in [3.05, 3.63) is 83.0 Å². The molecule has 0 spiro atoms. The number of halogens is 4. The number of fused-ring (bicyclic) bond motifs is 3. The minimum Gasteiger partial charge on any atom is -0.461 e. The number of hydrogen-bond donors (Lipinski definition) is 0. The fourth-order valence-electron chi connectivity index (χ4n) is 8.56. The van der Waals surface area contributed by atoms with E-state index in [2.05, 4.69) is 30.9 Å². The molecule has 56 heavy (non-hydrogen) atoms. The van der Waals surface area contributed by atoms with Crippen LogP contribution in [0.5, 0.6) is 6.01 Å². The standard InChI is InChI=1S/C41H37ClF3N9O2/c42-34-31(44)9-7-24-3-1-4-29(33(24)34)36-35(45)37-30(20-48-36)39(51-40(50-37)56-23-41-13-2-16-53(41)21-26(43)19-41)52-17-18-54(28(22-52)11-14-46)32(55)10-8-27-12-15-47-38(49-27)25-5-6-25/h1,3-4,7-10,12,15,20,25-26,28H,2,5-6,11,13,16-19,21-23H2/b10-8+/t26?,28-,41-/m0/s1. The van der Waals surface area contributed by atoms with E-state index >= 15 is 4.39 Å². The largest absolute Gasteiger partial charge is 0.461 e. The number of nitriles is 1. The van der Waals surface area contributed by atoms with Gasteiger partial charge in [-0.1, -0.05) is 35.9 Å². The highest BCUT2D eigenvalue weighted by atomic mass is 35.5. The molecule has 1 amide bonds. The number of carbonyl (C=O) groups excluding carboxylic acids is 1. The third-order valence-corrected chi connectivity index (χ3v) is 11.9. The fraction of sp³-hybridized carbons (Fsp3) is 0.390. The molecule has 0 N–H and O–H groups in total. The van der Waals surface area contributed by atoms with Crippen molar-refractivity contribution in [1.29, 1.82) is 5.26 Å². The number of carbonyl (C=O) groups is 1. The average Bonchev–Trinajstić information content (AvgIpc) is 3.92. The topological polar surface area (TPSA) is 124 Å². The molecule has 11 nitrogen and oxygen atoms in total. The first kappa shape index (κ1) is 36.3. The van der Waals surface area contributed by atoms with Crippen LogP contribution in [0.25, 0.3) is 39.0 Å². The van der Waals surface area contributed by atoms with E-state index in [1.165, 1.54) is 18.3 Å². The molecule has 3 atom stereocenters. The molecule has 0 bridgehead atoms. The number of anilines is 1. The molecule has 5 aromatic rings. The number of piperazine rings is 1. The van der Waals surface area contributed by atoms with E-state index in [4.69, 9.17) is 21.3 Å².